The maximum absolute atomic E-state index is 12.3. The SMILES string of the molecule is O=C1OC(c2cc(I)ccc2Cl)=N/C1=C\c1cccc(OCc2ccccc2I)c1. The quantitative estimate of drug-likeness (QED) is 0.182. The van der Waals surface area contributed by atoms with Gasteiger partial charge in [0.05, 0.1) is 10.6 Å². The molecule has 0 fully saturated rings. The molecule has 3 aromatic rings. The van der Waals surface area contributed by atoms with Crippen LogP contribution in [0.15, 0.2) is 77.4 Å². The molecule has 3 aromatic carbocycles. The molecule has 0 unspecified atom stereocenters. The van der Waals surface area contributed by atoms with Crippen molar-refractivity contribution in [3.63, 3.8) is 0 Å². The number of carbonyl (C=O) groups is 1. The van der Waals surface area contributed by atoms with Crippen molar-refractivity contribution in [3.8, 4) is 5.75 Å². The van der Waals surface area contributed by atoms with Gasteiger partial charge in [-0.1, -0.05) is 41.9 Å². The highest BCUT2D eigenvalue weighted by molar-refractivity contribution is 14.1. The second-order valence-electron chi connectivity index (χ2n) is 6.41. The first-order chi connectivity index (χ1) is 14.5. The molecule has 0 amide bonds. The third-order valence-corrected chi connectivity index (χ3v) is 6.35. The number of carbonyl (C=O) groups excluding carboxylic acids is 1. The standard InChI is InChI=1S/C23H14ClI2NO3/c24-19-9-8-16(25)12-18(19)22-27-21(23(28)30-22)11-14-4-3-6-17(10-14)29-13-15-5-1-2-7-20(15)26/h1-12H,13H2/b21-11-. The Labute approximate surface area is 206 Å². The van der Waals surface area contributed by atoms with Crippen molar-refractivity contribution in [1.82, 2.24) is 0 Å². The van der Waals surface area contributed by atoms with Gasteiger partial charge in [0.1, 0.15) is 12.4 Å². The minimum atomic E-state index is -0.509. The van der Waals surface area contributed by atoms with Crippen molar-refractivity contribution in [2.24, 2.45) is 4.99 Å². The summed E-state index contributed by atoms with van der Waals surface area (Å²) in [5.74, 6) is 0.408. The minimum Gasteiger partial charge on any atom is -0.489 e. The molecule has 1 aliphatic rings. The zero-order chi connectivity index (χ0) is 21.1. The van der Waals surface area contributed by atoms with Crippen molar-refractivity contribution in [2.75, 3.05) is 0 Å². The molecular formula is C23H14ClI2NO3. The van der Waals surface area contributed by atoms with Gasteiger partial charge in [-0.15, -0.1) is 0 Å². The molecule has 7 heteroatoms. The van der Waals surface area contributed by atoms with Crippen molar-refractivity contribution < 1.29 is 14.3 Å². The molecule has 0 saturated heterocycles. The summed E-state index contributed by atoms with van der Waals surface area (Å²) in [6.45, 7) is 0.467. The lowest BCUT2D eigenvalue weighted by Crippen LogP contribution is -2.06. The van der Waals surface area contributed by atoms with Gasteiger partial charge in [0.15, 0.2) is 5.70 Å². The summed E-state index contributed by atoms with van der Waals surface area (Å²) in [4.78, 5) is 16.7. The molecule has 1 heterocycles. The summed E-state index contributed by atoms with van der Waals surface area (Å²) in [7, 11) is 0. The summed E-state index contributed by atoms with van der Waals surface area (Å²) >= 11 is 10.7. The zero-order valence-electron chi connectivity index (χ0n) is 15.4. The van der Waals surface area contributed by atoms with Gasteiger partial charge >= 0.3 is 5.97 Å². The van der Waals surface area contributed by atoms with E-state index in [1.807, 2.05) is 60.7 Å². The minimum absolute atomic E-state index is 0.209. The van der Waals surface area contributed by atoms with Crippen molar-refractivity contribution in [1.29, 1.82) is 0 Å². The van der Waals surface area contributed by atoms with E-state index in [0.717, 1.165) is 18.3 Å². The second kappa shape index (κ2) is 9.49. The highest BCUT2D eigenvalue weighted by atomic mass is 127. The molecule has 150 valence electrons. The van der Waals surface area contributed by atoms with Crippen LogP contribution in [-0.4, -0.2) is 11.9 Å². The largest absolute Gasteiger partial charge is 0.489 e. The molecule has 4 nitrogen and oxygen atoms in total. The van der Waals surface area contributed by atoms with Crippen LogP contribution in [0.4, 0.5) is 0 Å². The van der Waals surface area contributed by atoms with Crippen LogP contribution >= 0.6 is 56.8 Å². The average Bonchev–Trinajstić information content (AvgIpc) is 3.09. The molecular weight excluding hydrogens is 628 g/mol. The molecule has 0 N–H and O–H groups in total. The van der Waals surface area contributed by atoms with E-state index >= 15 is 0 Å². The van der Waals surface area contributed by atoms with Gasteiger partial charge in [-0.2, -0.15) is 0 Å². The van der Waals surface area contributed by atoms with E-state index in [1.165, 1.54) is 0 Å². The van der Waals surface area contributed by atoms with Crippen LogP contribution in [0, 0.1) is 7.14 Å². The highest BCUT2D eigenvalue weighted by Gasteiger charge is 2.25. The third kappa shape index (κ3) is 5.04. The van der Waals surface area contributed by atoms with Crippen LogP contribution in [0.5, 0.6) is 5.75 Å². The molecule has 0 atom stereocenters. The maximum Gasteiger partial charge on any atom is 0.363 e. The van der Waals surface area contributed by atoms with Crippen LogP contribution in [0.3, 0.4) is 0 Å². The molecule has 4 rings (SSSR count). The Balaban J connectivity index is 1.55. The topological polar surface area (TPSA) is 47.9 Å². The van der Waals surface area contributed by atoms with Crippen molar-refractivity contribution in [2.45, 2.75) is 6.61 Å². The molecule has 0 radical (unpaired) electrons. The smallest absolute Gasteiger partial charge is 0.363 e. The van der Waals surface area contributed by atoms with Gasteiger partial charge in [-0.3, -0.25) is 0 Å². The lowest BCUT2D eigenvalue weighted by Gasteiger charge is -2.08. The Morgan fingerprint density at radius 1 is 1.03 bits per heavy atom. The maximum atomic E-state index is 12.3. The van der Waals surface area contributed by atoms with Crippen LogP contribution < -0.4 is 4.74 Å². The number of cyclic esters (lactones) is 1. The lowest BCUT2D eigenvalue weighted by atomic mass is 10.2. The number of ether oxygens (including phenoxy) is 2. The fourth-order valence-corrected chi connectivity index (χ4v) is 4.05. The van der Waals surface area contributed by atoms with Gasteiger partial charge in [0.2, 0.25) is 5.90 Å². The monoisotopic (exact) mass is 641 g/mol. The Morgan fingerprint density at radius 2 is 1.87 bits per heavy atom. The molecule has 0 saturated carbocycles. The summed E-state index contributed by atoms with van der Waals surface area (Å²) < 4.78 is 13.4. The lowest BCUT2D eigenvalue weighted by molar-refractivity contribution is -0.129. The van der Waals surface area contributed by atoms with Gasteiger partial charge in [0.25, 0.3) is 0 Å². The van der Waals surface area contributed by atoms with Crippen molar-refractivity contribution >= 4 is 74.7 Å². The van der Waals surface area contributed by atoms with E-state index in [4.69, 9.17) is 21.1 Å². The first kappa shape index (κ1) is 21.3. The first-order valence-corrected chi connectivity index (χ1v) is 11.5. The third-order valence-electron chi connectivity index (χ3n) is 4.29. The summed E-state index contributed by atoms with van der Waals surface area (Å²) in [5, 5.41) is 0.481. The molecule has 30 heavy (non-hydrogen) atoms. The number of rotatable bonds is 5. The zero-order valence-corrected chi connectivity index (χ0v) is 20.5. The number of nitrogens with zero attached hydrogens (tertiary/aromatic N) is 1. The van der Waals surface area contributed by atoms with Gasteiger partial charge in [-0.25, -0.2) is 9.79 Å². The van der Waals surface area contributed by atoms with E-state index < -0.39 is 5.97 Å². The normalized spacial score (nSPS) is 14.6. The predicted molar refractivity (Wildman–Crippen MR) is 135 cm³/mol. The number of esters is 1. The van der Waals surface area contributed by atoms with E-state index in [0.29, 0.717) is 22.9 Å². The Bertz CT molecular complexity index is 1190. The summed E-state index contributed by atoms with van der Waals surface area (Å²) in [6, 6.07) is 21.0. The molecule has 0 aromatic heterocycles. The fourth-order valence-electron chi connectivity index (χ4n) is 2.81. The van der Waals surface area contributed by atoms with E-state index in [1.54, 1.807) is 12.1 Å². The summed E-state index contributed by atoms with van der Waals surface area (Å²) in [5.41, 5.74) is 2.72. The van der Waals surface area contributed by atoms with Crippen LogP contribution in [0.2, 0.25) is 5.02 Å². The first-order valence-electron chi connectivity index (χ1n) is 8.94. The van der Waals surface area contributed by atoms with Gasteiger partial charge < -0.3 is 9.47 Å². The van der Waals surface area contributed by atoms with Gasteiger partial charge in [-0.05, 0) is 93.2 Å². The van der Waals surface area contributed by atoms with Crippen LogP contribution in [0.25, 0.3) is 6.08 Å². The van der Waals surface area contributed by atoms with E-state index in [9.17, 15) is 4.79 Å². The number of aliphatic imine (C=N–C) groups is 1. The van der Waals surface area contributed by atoms with E-state index in [2.05, 4.69) is 50.2 Å². The Morgan fingerprint density at radius 3 is 2.70 bits per heavy atom. The van der Waals surface area contributed by atoms with E-state index in [-0.39, 0.29) is 11.6 Å². The molecule has 0 bridgehead atoms. The van der Waals surface area contributed by atoms with Crippen molar-refractivity contribution in [3.05, 3.63) is 101 Å². The number of benzene rings is 3. The van der Waals surface area contributed by atoms with Crippen LogP contribution in [0.1, 0.15) is 16.7 Å². The fraction of sp³-hybridized carbons (Fsp3) is 0.0435. The number of halogens is 3. The summed E-state index contributed by atoms with van der Waals surface area (Å²) in [6.07, 6.45) is 1.68. The average molecular weight is 642 g/mol. The second-order valence-corrected chi connectivity index (χ2v) is 9.23. The van der Waals surface area contributed by atoms with Gasteiger partial charge in [0, 0.05) is 12.7 Å². The molecule has 1 aliphatic heterocycles. The number of hydrogen-bond donors (Lipinski definition) is 0. The Hall–Kier alpha value is -1.91. The molecule has 0 spiro atoms. The predicted octanol–water partition coefficient (Wildman–Crippen LogP) is 6.47. The number of hydrogen-bond acceptors (Lipinski definition) is 4. The Kier molecular flexibility index (Phi) is 6.74. The molecule has 0 aliphatic carbocycles. The van der Waals surface area contributed by atoms with Crippen LogP contribution in [-0.2, 0) is 16.1 Å². The highest BCUT2D eigenvalue weighted by Crippen LogP contribution is 2.26.